The zero-order valence-corrected chi connectivity index (χ0v) is 11.9. The van der Waals surface area contributed by atoms with Crippen LogP contribution >= 0.6 is 7.82 Å². The molecule has 1 aromatic carbocycles. The number of amides is 1. The monoisotopic (exact) mass is 287 g/mol. The van der Waals surface area contributed by atoms with Gasteiger partial charge in [-0.05, 0) is 24.0 Å². The molecular formula is C12H18NO5P. The van der Waals surface area contributed by atoms with Crippen molar-refractivity contribution in [1.82, 2.24) is 5.48 Å². The average molecular weight is 287 g/mol. The summed E-state index contributed by atoms with van der Waals surface area (Å²) < 4.78 is 18.2. The van der Waals surface area contributed by atoms with Gasteiger partial charge < -0.3 is 4.89 Å². The molecule has 0 radical (unpaired) electrons. The number of hydrogen-bond acceptors (Lipinski definition) is 4. The summed E-state index contributed by atoms with van der Waals surface area (Å²) in [6, 6.07) is 8.63. The summed E-state index contributed by atoms with van der Waals surface area (Å²) in [5, 5.41) is 0. The second-order valence-corrected chi connectivity index (χ2v) is 5.21. The minimum absolute atomic E-state index is 0.437. The number of carbonyl (C=O) groups is 1. The number of hydroxylamine groups is 1. The summed E-state index contributed by atoms with van der Waals surface area (Å²) in [4.78, 5) is 18.5. The fourth-order valence-electron chi connectivity index (χ4n) is 1.55. The quantitative estimate of drug-likeness (QED) is 0.812. The van der Waals surface area contributed by atoms with Gasteiger partial charge in [0.2, 0.25) is 0 Å². The van der Waals surface area contributed by atoms with E-state index in [4.69, 9.17) is 4.89 Å². The molecule has 1 aliphatic heterocycles. The zero-order chi connectivity index (χ0) is 14.3. The molecule has 1 amide bonds. The van der Waals surface area contributed by atoms with Crippen molar-refractivity contribution in [3.8, 4) is 0 Å². The molecule has 0 spiro atoms. The zero-order valence-electron chi connectivity index (χ0n) is 11.0. The van der Waals surface area contributed by atoms with Gasteiger partial charge >= 0.3 is 7.82 Å². The summed E-state index contributed by atoms with van der Waals surface area (Å²) in [5.41, 5.74) is 4.68. The number of aryl methyl sites for hydroxylation is 2. The standard InChI is InChI=1S/C10H14.C2H4NO5P/c1-3-9-7-5-6-8-10(9)4-2;4-2-1-7-9(5,6)8-3-2/h5-8H,3-4H2,1-2H3;1H2,(H,3,4)(H,5,6). The van der Waals surface area contributed by atoms with Crippen molar-refractivity contribution < 1.29 is 23.4 Å². The van der Waals surface area contributed by atoms with Crippen LogP contribution in [0.15, 0.2) is 24.3 Å². The third kappa shape index (κ3) is 5.53. The Morgan fingerprint density at radius 2 is 1.79 bits per heavy atom. The third-order valence-electron chi connectivity index (χ3n) is 2.51. The first-order chi connectivity index (χ1) is 8.98. The van der Waals surface area contributed by atoms with Crippen LogP contribution in [0.2, 0.25) is 0 Å². The molecule has 1 heterocycles. The van der Waals surface area contributed by atoms with Crippen LogP contribution in [-0.2, 0) is 31.3 Å². The van der Waals surface area contributed by atoms with E-state index in [0.29, 0.717) is 0 Å². The molecule has 0 bridgehead atoms. The molecule has 1 fully saturated rings. The highest BCUT2D eigenvalue weighted by atomic mass is 31.2. The van der Waals surface area contributed by atoms with Crippen LogP contribution in [0.3, 0.4) is 0 Å². The average Bonchev–Trinajstić information content (AvgIpc) is 2.43. The van der Waals surface area contributed by atoms with E-state index in [1.54, 1.807) is 5.48 Å². The fraction of sp³-hybridized carbons (Fsp3) is 0.417. The Hall–Kier alpha value is -1.20. The second-order valence-electron chi connectivity index (χ2n) is 3.83. The van der Waals surface area contributed by atoms with Crippen LogP contribution < -0.4 is 5.48 Å². The Bertz CT molecular complexity index is 440. The lowest BCUT2D eigenvalue weighted by Crippen LogP contribution is -2.31. The van der Waals surface area contributed by atoms with Gasteiger partial charge in [0.15, 0.2) is 0 Å². The predicted molar refractivity (Wildman–Crippen MR) is 70.2 cm³/mol. The molecule has 2 N–H and O–H groups in total. The number of rotatable bonds is 2. The normalized spacial score (nSPS) is 22.2. The topological polar surface area (TPSA) is 84.9 Å². The summed E-state index contributed by atoms with van der Waals surface area (Å²) >= 11 is 0. The van der Waals surface area contributed by atoms with Gasteiger partial charge in [-0.1, -0.05) is 38.1 Å². The van der Waals surface area contributed by atoms with E-state index in [0.717, 1.165) is 12.8 Å². The second kappa shape index (κ2) is 7.40. The fourth-order valence-corrected chi connectivity index (χ4v) is 2.10. The Labute approximate surface area is 112 Å². The maximum Gasteiger partial charge on any atom is 0.494 e. The molecule has 1 unspecified atom stereocenters. The lowest BCUT2D eigenvalue weighted by molar-refractivity contribution is -0.136. The number of benzene rings is 1. The van der Waals surface area contributed by atoms with Crippen molar-refractivity contribution in [1.29, 1.82) is 0 Å². The Balaban J connectivity index is 0.000000191. The van der Waals surface area contributed by atoms with Crippen LogP contribution in [-0.4, -0.2) is 17.4 Å². The number of hydrogen-bond donors (Lipinski definition) is 2. The van der Waals surface area contributed by atoms with Crippen LogP contribution in [0.4, 0.5) is 0 Å². The molecule has 7 heteroatoms. The molecule has 1 aliphatic rings. The summed E-state index contributed by atoms with van der Waals surface area (Å²) in [7, 11) is -3.96. The molecule has 1 atom stereocenters. The molecule has 106 valence electrons. The molecule has 1 saturated heterocycles. The van der Waals surface area contributed by atoms with Gasteiger partial charge in [-0.2, -0.15) is 4.62 Å². The van der Waals surface area contributed by atoms with Crippen molar-refractivity contribution in [3.05, 3.63) is 35.4 Å². The first-order valence-corrected chi connectivity index (χ1v) is 7.49. The largest absolute Gasteiger partial charge is 0.494 e. The molecular weight excluding hydrogens is 269 g/mol. The van der Waals surface area contributed by atoms with Gasteiger partial charge in [0.25, 0.3) is 5.91 Å². The number of phosphoric ester groups is 1. The van der Waals surface area contributed by atoms with E-state index in [9.17, 15) is 9.36 Å². The summed E-state index contributed by atoms with van der Waals surface area (Å²) in [6.07, 6.45) is 2.31. The molecule has 2 rings (SSSR count). The molecule has 0 saturated carbocycles. The van der Waals surface area contributed by atoms with Gasteiger partial charge in [-0.15, -0.1) is 0 Å². The maximum atomic E-state index is 10.3. The Morgan fingerprint density at radius 1 is 1.26 bits per heavy atom. The van der Waals surface area contributed by atoms with Crippen molar-refractivity contribution in [2.45, 2.75) is 26.7 Å². The van der Waals surface area contributed by atoms with Crippen molar-refractivity contribution in [3.63, 3.8) is 0 Å². The molecule has 0 aliphatic carbocycles. The van der Waals surface area contributed by atoms with E-state index in [2.05, 4.69) is 47.3 Å². The molecule has 19 heavy (non-hydrogen) atoms. The Morgan fingerprint density at radius 3 is 2.11 bits per heavy atom. The number of nitrogens with one attached hydrogen (secondary N) is 1. The summed E-state index contributed by atoms with van der Waals surface area (Å²) in [6.45, 7) is 3.97. The SMILES string of the molecule is CCc1ccccc1CC.O=C1COP(=O)(O)ON1. The van der Waals surface area contributed by atoms with Crippen LogP contribution in [0.1, 0.15) is 25.0 Å². The Kier molecular flexibility index (Phi) is 6.18. The van der Waals surface area contributed by atoms with E-state index in [1.165, 1.54) is 11.1 Å². The minimum atomic E-state index is -3.96. The van der Waals surface area contributed by atoms with Crippen molar-refractivity contribution in [2.75, 3.05) is 6.61 Å². The van der Waals surface area contributed by atoms with Gasteiger partial charge in [0.1, 0.15) is 6.61 Å². The smallest absolute Gasteiger partial charge is 0.301 e. The van der Waals surface area contributed by atoms with Crippen LogP contribution in [0.25, 0.3) is 0 Å². The molecule has 1 aromatic rings. The first kappa shape index (κ1) is 15.9. The minimum Gasteiger partial charge on any atom is -0.301 e. The third-order valence-corrected chi connectivity index (χ3v) is 3.29. The van der Waals surface area contributed by atoms with Gasteiger partial charge in [-0.25, -0.2) is 10.0 Å². The van der Waals surface area contributed by atoms with Gasteiger partial charge in [0, 0.05) is 0 Å². The highest BCUT2D eigenvalue weighted by Gasteiger charge is 2.28. The van der Waals surface area contributed by atoms with E-state index in [1.807, 2.05) is 0 Å². The van der Waals surface area contributed by atoms with Crippen LogP contribution in [0.5, 0.6) is 0 Å². The lowest BCUT2D eigenvalue weighted by atomic mass is 10.0. The molecule has 0 aromatic heterocycles. The predicted octanol–water partition coefficient (Wildman–Crippen LogP) is 1.98. The molecule has 6 nitrogen and oxygen atoms in total. The first-order valence-electron chi connectivity index (χ1n) is 6.00. The number of carbonyl (C=O) groups excluding carboxylic acids is 1. The lowest BCUT2D eigenvalue weighted by Gasteiger charge is -2.15. The van der Waals surface area contributed by atoms with Gasteiger partial charge in [0.05, 0.1) is 0 Å². The van der Waals surface area contributed by atoms with Crippen LogP contribution in [0, 0.1) is 0 Å². The maximum absolute atomic E-state index is 10.3. The summed E-state index contributed by atoms with van der Waals surface area (Å²) in [5.74, 6) is -0.574. The van der Waals surface area contributed by atoms with E-state index < -0.39 is 20.3 Å². The van der Waals surface area contributed by atoms with Gasteiger partial charge in [-0.3, -0.25) is 9.32 Å². The van der Waals surface area contributed by atoms with Crippen molar-refractivity contribution in [2.24, 2.45) is 0 Å². The van der Waals surface area contributed by atoms with E-state index in [-0.39, 0.29) is 0 Å². The van der Waals surface area contributed by atoms with E-state index >= 15 is 0 Å². The van der Waals surface area contributed by atoms with Crippen molar-refractivity contribution >= 4 is 13.7 Å². The highest BCUT2D eigenvalue weighted by Crippen LogP contribution is 2.43. The highest BCUT2D eigenvalue weighted by molar-refractivity contribution is 7.47. The number of phosphoric acid groups is 1.